The topological polar surface area (TPSA) is 60.2 Å². The van der Waals surface area contributed by atoms with Gasteiger partial charge in [0.25, 0.3) is 5.91 Å². The van der Waals surface area contributed by atoms with Crippen LogP contribution in [0.3, 0.4) is 0 Å². The molecule has 118 valence electrons. The summed E-state index contributed by atoms with van der Waals surface area (Å²) in [6.45, 7) is 1.69. The third-order valence-corrected chi connectivity index (χ3v) is 5.15. The van der Waals surface area contributed by atoms with Crippen LogP contribution in [-0.2, 0) is 24.0 Å². The van der Waals surface area contributed by atoms with Crippen molar-refractivity contribution in [1.82, 2.24) is 19.4 Å². The first-order valence-electron chi connectivity index (χ1n) is 8.07. The molecule has 2 aromatic rings. The van der Waals surface area contributed by atoms with E-state index in [1.54, 1.807) is 0 Å². The van der Waals surface area contributed by atoms with Gasteiger partial charge in [-0.05, 0) is 25.0 Å². The predicted octanol–water partition coefficient (Wildman–Crippen LogP) is 1.57. The van der Waals surface area contributed by atoms with Gasteiger partial charge in [-0.1, -0.05) is 0 Å². The second-order valence-electron chi connectivity index (χ2n) is 6.81. The lowest BCUT2D eigenvalue weighted by atomic mass is 9.87. The van der Waals surface area contributed by atoms with Crippen LogP contribution in [0.25, 0.3) is 0 Å². The number of likely N-dealkylation sites (tertiary alicyclic amines) is 1. The average Bonchev–Trinajstić information content (AvgIpc) is 3.17. The summed E-state index contributed by atoms with van der Waals surface area (Å²) in [7, 11) is 1.89. The molecule has 1 saturated carbocycles. The number of carbonyl (C=O) groups excluding carboxylic acids is 1. The van der Waals surface area contributed by atoms with Crippen molar-refractivity contribution >= 4 is 5.91 Å². The van der Waals surface area contributed by atoms with Crippen molar-refractivity contribution in [2.24, 2.45) is 7.05 Å². The molecule has 6 heteroatoms. The molecule has 1 spiro atoms. The maximum Gasteiger partial charge on any atom is 0.270 e. The summed E-state index contributed by atoms with van der Waals surface area (Å²) in [5.41, 5.74) is 2.39. The largest absolute Gasteiger partial charge is 0.360 e. The van der Waals surface area contributed by atoms with Crippen LogP contribution >= 0.6 is 0 Å². The molecule has 4 heterocycles. The van der Waals surface area contributed by atoms with Crippen molar-refractivity contribution in [3.63, 3.8) is 0 Å². The Morgan fingerprint density at radius 2 is 2.22 bits per heavy atom. The van der Waals surface area contributed by atoms with Gasteiger partial charge in [0, 0.05) is 30.9 Å². The fourth-order valence-corrected chi connectivity index (χ4v) is 3.57. The Morgan fingerprint density at radius 3 is 2.91 bits per heavy atom. The SMILES string of the molecule is Cn1cccc1C(=O)N1CC2(C1)OCc1nc(C3CC3)ncc12. The van der Waals surface area contributed by atoms with Crippen molar-refractivity contribution in [3.05, 3.63) is 47.3 Å². The molecule has 2 aromatic heterocycles. The molecule has 3 aliphatic rings. The number of aromatic nitrogens is 3. The highest BCUT2D eigenvalue weighted by atomic mass is 16.5. The number of ether oxygens (including phenoxy) is 1. The Kier molecular flexibility index (Phi) is 2.54. The minimum absolute atomic E-state index is 0.0516. The second-order valence-corrected chi connectivity index (χ2v) is 6.81. The van der Waals surface area contributed by atoms with Crippen LogP contribution in [-0.4, -0.2) is 38.4 Å². The first-order chi connectivity index (χ1) is 11.2. The molecule has 1 amide bonds. The molecule has 0 unspecified atom stereocenters. The first-order valence-corrected chi connectivity index (χ1v) is 8.07. The molecule has 1 saturated heterocycles. The molecule has 2 aliphatic heterocycles. The second kappa shape index (κ2) is 4.41. The zero-order valence-corrected chi connectivity index (χ0v) is 13.0. The maximum atomic E-state index is 12.5. The Hall–Kier alpha value is -2.21. The molecule has 23 heavy (non-hydrogen) atoms. The quantitative estimate of drug-likeness (QED) is 0.845. The Labute approximate surface area is 134 Å². The molecular formula is C17H18N4O2. The van der Waals surface area contributed by atoms with Crippen molar-refractivity contribution < 1.29 is 9.53 Å². The van der Waals surface area contributed by atoms with Crippen LogP contribution in [0, 0.1) is 0 Å². The van der Waals surface area contributed by atoms with Gasteiger partial charge in [-0.25, -0.2) is 9.97 Å². The average molecular weight is 310 g/mol. The van der Waals surface area contributed by atoms with E-state index in [4.69, 9.17) is 4.74 Å². The predicted molar refractivity (Wildman–Crippen MR) is 81.8 cm³/mol. The number of carbonyl (C=O) groups is 1. The fourth-order valence-electron chi connectivity index (χ4n) is 3.57. The molecule has 2 fully saturated rings. The van der Waals surface area contributed by atoms with Crippen molar-refractivity contribution in [2.45, 2.75) is 31.0 Å². The van der Waals surface area contributed by atoms with Crippen LogP contribution < -0.4 is 0 Å². The fraction of sp³-hybridized carbons (Fsp3) is 0.471. The van der Waals surface area contributed by atoms with E-state index in [1.165, 1.54) is 12.8 Å². The van der Waals surface area contributed by atoms with Crippen LogP contribution in [0.1, 0.15) is 46.3 Å². The van der Waals surface area contributed by atoms with Gasteiger partial charge in [-0.3, -0.25) is 4.79 Å². The minimum Gasteiger partial charge on any atom is -0.360 e. The molecule has 0 radical (unpaired) electrons. The highest BCUT2D eigenvalue weighted by molar-refractivity contribution is 5.93. The van der Waals surface area contributed by atoms with Gasteiger partial charge in [0.1, 0.15) is 17.1 Å². The summed E-state index contributed by atoms with van der Waals surface area (Å²) >= 11 is 0. The Bertz CT molecular complexity index is 803. The number of aryl methyl sites for hydroxylation is 1. The van der Waals surface area contributed by atoms with E-state index in [-0.39, 0.29) is 5.91 Å². The van der Waals surface area contributed by atoms with Crippen molar-refractivity contribution in [2.75, 3.05) is 13.1 Å². The van der Waals surface area contributed by atoms with Gasteiger partial charge >= 0.3 is 0 Å². The Balaban J connectivity index is 1.37. The third kappa shape index (κ3) is 1.88. The summed E-state index contributed by atoms with van der Waals surface area (Å²) in [6.07, 6.45) is 6.21. The van der Waals surface area contributed by atoms with Gasteiger partial charge in [-0.2, -0.15) is 0 Å². The Morgan fingerprint density at radius 1 is 1.39 bits per heavy atom. The van der Waals surface area contributed by atoms with Crippen LogP contribution in [0.5, 0.6) is 0 Å². The van der Waals surface area contributed by atoms with E-state index in [0.29, 0.717) is 31.3 Å². The number of hydrogen-bond donors (Lipinski definition) is 0. The lowest BCUT2D eigenvalue weighted by Gasteiger charge is -2.47. The molecule has 1 aliphatic carbocycles. The van der Waals surface area contributed by atoms with E-state index in [1.807, 2.05) is 41.0 Å². The molecule has 6 nitrogen and oxygen atoms in total. The monoisotopic (exact) mass is 310 g/mol. The smallest absolute Gasteiger partial charge is 0.270 e. The number of amides is 1. The summed E-state index contributed by atoms with van der Waals surface area (Å²) < 4.78 is 7.88. The summed E-state index contributed by atoms with van der Waals surface area (Å²) in [5, 5.41) is 0. The first kappa shape index (κ1) is 13.2. The summed E-state index contributed by atoms with van der Waals surface area (Å²) in [6, 6.07) is 3.74. The molecule has 0 N–H and O–H groups in total. The van der Waals surface area contributed by atoms with E-state index < -0.39 is 5.60 Å². The normalized spacial score (nSPS) is 21.3. The zero-order valence-electron chi connectivity index (χ0n) is 13.0. The van der Waals surface area contributed by atoms with Crippen LogP contribution in [0.2, 0.25) is 0 Å². The maximum absolute atomic E-state index is 12.5. The lowest BCUT2D eigenvalue weighted by Crippen LogP contribution is -2.61. The van der Waals surface area contributed by atoms with Gasteiger partial charge in [-0.15, -0.1) is 0 Å². The molecule has 0 atom stereocenters. The van der Waals surface area contributed by atoms with Crippen LogP contribution in [0.15, 0.2) is 24.5 Å². The standard InChI is InChI=1S/C17H18N4O2/c1-20-6-2-3-14(20)16(22)21-9-17(10-21)12-7-18-15(11-4-5-11)19-13(12)8-23-17/h2-3,6-7,11H,4-5,8-10H2,1H3. The van der Waals surface area contributed by atoms with Gasteiger partial charge in [0.05, 0.1) is 25.4 Å². The highest BCUT2D eigenvalue weighted by Gasteiger charge is 2.53. The third-order valence-electron chi connectivity index (χ3n) is 5.15. The lowest BCUT2D eigenvalue weighted by molar-refractivity contribution is -0.126. The van der Waals surface area contributed by atoms with Crippen LogP contribution in [0.4, 0.5) is 0 Å². The molecule has 0 bridgehead atoms. The molecule has 5 rings (SSSR count). The number of rotatable bonds is 2. The number of nitrogens with zero attached hydrogens (tertiary/aromatic N) is 4. The van der Waals surface area contributed by atoms with E-state index in [2.05, 4.69) is 9.97 Å². The minimum atomic E-state index is -0.391. The molecular weight excluding hydrogens is 292 g/mol. The number of fused-ring (bicyclic) bond motifs is 2. The van der Waals surface area contributed by atoms with Gasteiger partial charge in [0.15, 0.2) is 0 Å². The molecule has 0 aromatic carbocycles. The zero-order chi connectivity index (χ0) is 15.6. The van der Waals surface area contributed by atoms with Gasteiger partial charge in [0.2, 0.25) is 0 Å². The van der Waals surface area contributed by atoms with E-state index in [0.717, 1.165) is 17.1 Å². The highest BCUT2D eigenvalue weighted by Crippen LogP contribution is 2.44. The van der Waals surface area contributed by atoms with Gasteiger partial charge < -0.3 is 14.2 Å². The summed E-state index contributed by atoms with van der Waals surface area (Å²) in [4.78, 5) is 23.6. The van der Waals surface area contributed by atoms with Crippen molar-refractivity contribution in [1.29, 1.82) is 0 Å². The van der Waals surface area contributed by atoms with Crippen molar-refractivity contribution in [3.8, 4) is 0 Å². The van der Waals surface area contributed by atoms with E-state index in [9.17, 15) is 4.79 Å². The van der Waals surface area contributed by atoms with E-state index >= 15 is 0 Å². The summed E-state index contributed by atoms with van der Waals surface area (Å²) in [5.74, 6) is 1.56. The number of hydrogen-bond acceptors (Lipinski definition) is 4.